The zero-order valence-electron chi connectivity index (χ0n) is 4.68. The lowest BCUT2D eigenvalue weighted by Crippen LogP contribution is -2.50. The van der Waals surface area contributed by atoms with Gasteiger partial charge >= 0.3 is 0 Å². The Morgan fingerprint density at radius 1 is 1.57 bits per heavy atom. The van der Waals surface area contributed by atoms with Gasteiger partial charge in [0.1, 0.15) is 6.23 Å². The number of nitrogens with two attached hydrogens (primary N) is 2. The molecule has 7 heavy (non-hydrogen) atoms. The van der Waals surface area contributed by atoms with E-state index in [0.717, 1.165) is 0 Å². The summed E-state index contributed by atoms with van der Waals surface area (Å²) in [5.41, 5.74) is 9.64. The van der Waals surface area contributed by atoms with Crippen molar-refractivity contribution in [1.29, 1.82) is 0 Å². The molecule has 0 heterocycles. The molecule has 44 valence electrons. The molecule has 0 fully saturated rings. The number of aliphatic hydroxyl groups is 1. The highest BCUT2D eigenvalue weighted by atomic mass is 16.3. The molecule has 0 aromatic rings. The Hall–Kier alpha value is -0.120. The van der Waals surface area contributed by atoms with E-state index in [1.807, 2.05) is 0 Å². The molecule has 0 aromatic carbocycles. The molecule has 0 saturated heterocycles. The van der Waals surface area contributed by atoms with E-state index in [0.29, 0.717) is 0 Å². The molecule has 0 saturated carbocycles. The first kappa shape index (κ1) is 6.88. The van der Waals surface area contributed by atoms with Gasteiger partial charge in [-0.2, -0.15) is 0 Å². The summed E-state index contributed by atoms with van der Waals surface area (Å²) in [6.45, 7) is 3.33. The minimum Gasteiger partial charge on any atom is -0.377 e. The zero-order valence-corrected chi connectivity index (χ0v) is 4.68. The van der Waals surface area contributed by atoms with Crippen LogP contribution in [0.25, 0.3) is 0 Å². The fourth-order valence-electron chi connectivity index (χ4n) is 0. The van der Waals surface area contributed by atoms with Crippen molar-refractivity contribution >= 4 is 0 Å². The lowest BCUT2D eigenvalue weighted by Gasteiger charge is -2.20. The van der Waals surface area contributed by atoms with E-state index in [-0.39, 0.29) is 0 Å². The first-order chi connectivity index (χ1) is 2.94. The Kier molecular flexibility index (Phi) is 1.75. The summed E-state index contributed by atoms with van der Waals surface area (Å²) < 4.78 is 0. The summed E-state index contributed by atoms with van der Waals surface area (Å²) in [5.74, 6) is 0. The number of hydrogen-bond acceptors (Lipinski definition) is 3. The van der Waals surface area contributed by atoms with E-state index < -0.39 is 11.8 Å². The van der Waals surface area contributed by atoms with Gasteiger partial charge in [0, 0.05) is 5.54 Å². The maximum absolute atomic E-state index is 8.54. The highest BCUT2D eigenvalue weighted by Gasteiger charge is 2.17. The van der Waals surface area contributed by atoms with Crippen LogP contribution in [0.4, 0.5) is 0 Å². The zero-order chi connectivity index (χ0) is 6.08. The third-order valence-corrected chi connectivity index (χ3v) is 0.762. The van der Waals surface area contributed by atoms with Crippen LogP contribution < -0.4 is 11.5 Å². The van der Waals surface area contributed by atoms with E-state index in [4.69, 9.17) is 16.6 Å². The number of rotatable bonds is 1. The maximum Gasteiger partial charge on any atom is 0.120 e. The quantitative estimate of drug-likeness (QED) is 0.374. The lowest BCUT2D eigenvalue weighted by atomic mass is 10.1. The third kappa shape index (κ3) is 2.56. The second kappa shape index (κ2) is 1.78. The van der Waals surface area contributed by atoms with Crippen LogP contribution >= 0.6 is 0 Å². The maximum atomic E-state index is 8.54. The summed E-state index contributed by atoms with van der Waals surface area (Å²) >= 11 is 0. The van der Waals surface area contributed by atoms with Crippen LogP contribution in [0.2, 0.25) is 0 Å². The van der Waals surface area contributed by atoms with Gasteiger partial charge < -0.3 is 16.6 Å². The van der Waals surface area contributed by atoms with E-state index in [1.54, 1.807) is 13.8 Å². The van der Waals surface area contributed by atoms with Crippen molar-refractivity contribution in [2.75, 3.05) is 0 Å². The average molecular weight is 104 g/mol. The van der Waals surface area contributed by atoms with Crippen LogP contribution in [0.5, 0.6) is 0 Å². The van der Waals surface area contributed by atoms with Crippen molar-refractivity contribution in [3.8, 4) is 0 Å². The molecule has 0 aliphatic carbocycles. The summed E-state index contributed by atoms with van der Waals surface area (Å²) in [6.07, 6.45) is -0.924. The van der Waals surface area contributed by atoms with Crippen molar-refractivity contribution in [1.82, 2.24) is 0 Å². The fraction of sp³-hybridized carbons (Fsp3) is 1.00. The minimum atomic E-state index is -0.924. The first-order valence-electron chi connectivity index (χ1n) is 2.17. The van der Waals surface area contributed by atoms with Gasteiger partial charge in [-0.1, -0.05) is 0 Å². The molecule has 0 rings (SSSR count). The molecule has 0 aliphatic rings. The van der Waals surface area contributed by atoms with Crippen molar-refractivity contribution in [3.63, 3.8) is 0 Å². The van der Waals surface area contributed by atoms with E-state index in [2.05, 4.69) is 0 Å². The second-order valence-corrected chi connectivity index (χ2v) is 2.27. The molecule has 0 spiro atoms. The molecular formula is C4H12N2O. The fourth-order valence-corrected chi connectivity index (χ4v) is 0. The highest BCUT2D eigenvalue weighted by molar-refractivity contribution is 4.76. The second-order valence-electron chi connectivity index (χ2n) is 2.27. The van der Waals surface area contributed by atoms with Gasteiger partial charge in [-0.05, 0) is 13.8 Å². The first-order valence-corrected chi connectivity index (χ1v) is 2.17. The molecule has 3 heteroatoms. The normalized spacial score (nSPS) is 16.7. The van der Waals surface area contributed by atoms with Gasteiger partial charge in [0.05, 0.1) is 0 Å². The van der Waals surface area contributed by atoms with Crippen LogP contribution in [-0.2, 0) is 0 Å². The SMILES string of the molecule is CC(C)(N)C(N)O. The third-order valence-electron chi connectivity index (χ3n) is 0.762. The van der Waals surface area contributed by atoms with Crippen LogP contribution in [0, 0.1) is 0 Å². The Morgan fingerprint density at radius 3 is 1.71 bits per heavy atom. The molecule has 0 radical (unpaired) electrons. The molecule has 0 amide bonds. The van der Waals surface area contributed by atoms with Crippen molar-refractivity contribution in [2.24, 2.45) is 11.5 Å². The van der Waals surface area contributed by atoms with Crippen molar-refractivity contribution < 1.29 is 5.11 Å². The molecule has 1 unspecified atom stereocenters. The predicted molar refractivity (Wildman–Crippen MR) is 28.5 cm³/mol. The van der Waals surface area contributed by atoms with Crippen molar-refractivity contribution in [3.05, 3.63) is 0 Å². The Morgan fingerprint density at radius 2 is 1.71 bits per heavy atom. The minimum absolute atomic E-state index is 0.667. The van der Waals surface area contributed by atoms with E-state index in [9.17, 15) is 0 Å². The van der Waals surface area contributed by atoms with Gasteiger partial charge in [-0.25, -0.2) is 0 Å². The number of hydrogen-bond donors (Lipinski definition) is 3. The van der Waals surface area contributed by atoms with Gasteiger partial charge in [-0.15, -0.1) is 0 Å². The average Bonchev–Trinajstić information content (AvgIpc) is 1.31. The Bertz CT molecular complexity index is 55.2. The topological polar surface area (TPSA) is 72.3 Å². The van der Waals surface area contributed by atoms with Gasteiger partial charge in [0.15, 0.2) is 0 Å². The molecule has 3 nitrogen and oxygen atoms in total. The molecule has 0 aromatic heterocycles. The summed E-state index contributed by atoms with van der Waals surface area (Å²) in [4.78, 5) is 0. The van der Waals surface area contributed by atoms with E-state index >= 15 is 0 Å². The van der Waals surface area contributed by atoms with Gasteiger partial charge in [-0.3, -0.25) is 0 Å². The smallest absolute Gasteiger partial charge is 0.120 e. The largest absolute Gasteiger partial charge is 0.377 e. The molecule has 0 bridgehead atoms. The van der Waals surface area contributed by atoms with Crippen LogP contribution in [0.1, 0.15) is 13.8 Å². The molecular weight excluding hydrogens is 92.1 g/mol. The van der Waals surface area contributed by atoms with Crippen LogP contribution in [-0.4, -0.2) is 16.9 Å². The lowest BCUT2D eigenvalue weighted by molar-refractivity contribution is 0.110. The Balaban J connectivity index is 3.54. The molecule has 0 aliphatic heterocycles. The molecule has 1 atom stereocenters. The summed E-state index contributed by atoms with van der Waals surface area (Å²) in [7, 11) is 0. The standard InChI is InChI=1S/C4H12N2O/c1-4(2,6)3(5)7/h3,7H,5-6H2,1-2H3. The number of aliphatic hydroxyl groups excluding tert-OH is 1. The van der Waals surface area contributed by atoms with Crippen molar-refractivity contribution in [2.45, 2.75) is 25.6 Å². The van der Waals surface area contributed by atoms with Gasteiger partial charge in [0.2, 0.25) is 0 Å². The monoisotopic (exact) mass is 104 g/mol. The van der Waals surface area contributed by atoms with Gasteiger partial charge in [0.25, 0.3) is 0 Å². The molecule has 5 N–H and O–H groups in total. The van der Waals surface area contributed by atoms with E-state index in [1.165, 1.54) is 0 Å². The van der Waals surface area contributed by atoms with Crippen LogP contribution in [0.15, 0.2) is 0 Å². The Labute approximate surface area is 43.3 Å². The highest BCUT2D eigenvalue weighted by Crippen LogP contribution is 1.96. The summed E-state index contributed by atoms with van der Waals surface area (Å²) in [6, 6.07) is 0. The summed E-state index contributed by atoms with van der Waals surface area (Å²) in [5, 5.41) is 8.54. The van der Waals surface area contributed by atoms with Crippen LogP contribution in [0.3, 0.4) is 0 Å². The predicted octanol–water partition coefficient (Wildman–Crippen LogP) is -0.999.